The number of benzene rings is 1. The van der Waals surface area contributed by atoms with E-state index in [4.69, 9.17) is 4.74 Å². The molecule has 6 heteroatoms. The molecule has 1 heterocycles. The summed E-state index contributed by atoms with van der Waals surface area (Å²) >= 11 is 1.54. The molecule has 1 aromatic rings. The van der Waals surface area contributed by atoms with Gasteiger partial charge in [-0.25, -0.2) is 4.79 Å². The quantitative estimate of drug-likeness (QED) is 0.884. The third kappa shape index (κ3) is 2.75. The van der Waals surface area contributed by atoms with Gasteiger partial charge in [-0.1, -0.05) is 0 Å². The molecule has 2 N–H and O–H groups in total. The molecular formula is C14H17NO4S. The van der Waals surface area contributed by atoms with Gasteiger partial charge in [-0.2, -0.15) is 11.8 Å². The SMILES string of the molecule is COc1ccc(C(=O)NC2(C(=O)O)CCSC2)c(C)c1. The van der Waals surface area contributed by atoms with Crippen molar-refractivity contribution in [1.82, 2.24) is 5.32 Å². The second kappa shape index (κ2) is 5.75. The first-order valence-corrected chi connectivity index (χ1v) is 7.42. The van der Waals surface area contributed by atoms with E-state index in [-0.39, 0.29) is 5.91 Å². The van der Waals surface area contributed by atoms with Crippen molar-refractivity contribution >= 4 is 23.6 Å². The Kier molecular flexibility index (Phi) is 4.23. The van der Waals surface area contributed by atoms with Gasteiger partial charge in [0.05, 0.1) is 7.11 Å². The highest BCUT2D eigenvalue weighted by atomic mass is 32.2. The molecule has 1 fully saturated rings. The summed E-state index contributed by atoms with van der Waals surface area (Å²) in [5.41, 5.74) is 0.0880. The molecule has 0 aliphatic carbocycles. The van der Waals surface area contributed by atoms with Crippen LogP contribution in [0.15, 0.2) is 18.2 Å². The van der Waals surface area contributed by atoms with E-state index in [1.54, 1.807) is 44.0 Å². The number of aliphatic carboxylic acids is 1. The van der Waals surface area contributed by atoms with Crippen LogP contribution in [0.4, 0.5) is 0 Å². The van der Waals surface area contributed by atoms with Crippen molar-refractivity contribution in [2.45, 2.75) is 18.9 Å². The van der Waals surface area contributed by atoms with Gasteiger partial charge in [0.1, 0.15) is 11.3 Å². The maximum absolute atomic E-state index is 12.3. The van der Waals surface area contributed by atoms with Crippen LogP contribution in [-0.2, 0) is 4.79 Å². The summed E-state index contributed by atoms with van der Waals surface area (Å²) in [6, 6.07) is 5.10. The second-order valence-electron chi connectivity index (χ2n) is 4.82. The van der Waals surface area contributed by atoms with Gasteiger partial charge < -0.3 is 15.2 Å². The summed E-state index contributed by atoms with van der Waals surface area (Å²) in [4.78, 5) is 23.7. The van der Waals surface area contributed by atoms with Crippen LogP contribution < -0.4 is 10.1 Å². The lowest BCUT2D eigenvalue weighted by atomic mass is 9.97. The zero-order chi connectivity index (χ0) is 14.8. The summed E-state index contributed by atoms with van der Waals surface area (Å²) in [7, 11) is 1.56. The number of aryl methyl sites for hydroxylation is 1. The smallest absolute Gasteiger partial charge is 0.330 e. The lowest BCUT2D eigenvalue weighted by Gasteiger charge is -2.25. The minimum absolute atomic E-state index is 0.352. The van der Waals surface area contributed by atoms with Crippen LogP contribution in [0.2, 0.25) is 0 Å². The predicted octanol–water partition coefficient (Wildman–Crippen LogP) is 1.69. The van der Waals surface area contributed by atoms with Gasteiger partial charge >= 0.3 is 5.97 Å². The molecule has 20 heavy (non-hydrogen) atoms. The Morgan fingerprint density at radius 1 is 1.45 bits per heavy atom. The number of methoxy groups -OCH3 is 1. The first-order valence-electron chi connectivity index (χ1n) is 6.27. The number of hydrogen-bond acceptors (Lipinski definition) is 4. The van der Waals surface area contributed by atoms with E-state index in [1.165, 1.54) is 0 Å². The maximum Gasteiger partial charge on any atom is 0.330 e. The number of carbonyl (C=O) groups excluding carboxylic acids is 1. The average molecular weight is 295 g/mol. The van der Waals surface area contributed by atoms with Crippen molar-refractivity contribution in [3.63, 3.8) is 0 Å². The second-order valence-corrected chi connectivity index (χ2v) is 5.93. The van der Waals surface area contributed by atoms with Crippen LogP contribution in [0.1, 0.15) is 22.3 Å². The summed E-state index contributed by atoms with van der Waals surface area (Å²) in [5.74, 6) is 0.498. The molecule has 1 aromatic carbocycles. The monoisotopic (exact) mass is 295 g/mol. The minimum atomic E-state index is -1.14. The predicted molar refractivity (Wildman–Crippen MR) is 77.5 cm³/mol. The Morgan fingerprint density at radius 3 is 2.70 bits per heavy atom. The molecule has 108 valence electrons. The topological polar surface area (TPSA) is 75.6 Å². The van der Waals surface area contributed by atoms with E-state index in [2.05, 4.69) is 5.32 Å². The highest BCUT2D eigenvalue weighted by molar-refractivity contribution is 7.99. The third-order valence-electron chi connectivity index (χ3n) is 3.46. The first-order chi connectivity index (χ1) is 9.48. The largest absolute Gasteiger partial charge is 0.497 e. The Hall–Kier alpha value is -1.69. The van der Waals surface area contributed by atoms with Crippen LogP contribution in [0, 0.1) is 6.92 Å². The van der Waals surface area contributed by atoms with E-state index in [1.807, 2.05) is 0 Å². The number of carboxylic acids is 1. The molecule has 0 radical (unpaired) electrons. The highest BCUT2D eigenvalue weighted by Gasteiger charge is 2.43. The fourth-order valence-corrected chi connectivity index (χ4v) is 3.51. The number of carbonyl (C=O) groups is 2. The van der Waals surface area contributed by atoms with Crippen molar-refractivity contribution in [2.75, 3.05) is 18.6 Å². The number of nitrogens with one attached hydrogen (secondary N) is 1. The van der Waals surface area contributed by atoms with Crippen LogP contribution in [0.25, 0.3) is 0 Å². The molecular weight excluding hydrogens is 278 g/mol. The van der Waals surface area contributed by atoms with Gasteiger partial charge in [0.25, 0.3) is 5.91 Å². The Bertz CT molecular complexity index is 538. The van der Waals surface area contributed by atoms with E-state index < -0.39 is 11.5 Å². The van der Waals surface area contributed by atoms with Gasteiger partial charge in [0, 0.05) is 11.3 Å². The Balaban J connectivity index is 2.21. The number of carboxylic acid groups (broad SMARTS) is 1. The minimum Gasteiger partial charge on any atom is -0.497 e. The van der Waals surface area contributed by atoms with E-state index >= 15 is 0 Å². The summed E-state index contributed by atoms with van der Waals surface area (Å²) in [5, 5.41) is 12.0. The van der Waals surface area contributed by atoms with Crippen LogP contribution in [-0.4, -0.2) is 41.1 Å². The lowest BCUT2D eigenvalue weighted by molar-refractivity contribution is -0.143. The third-order valence-corrected chi connectivity index (χ3v) is 4.65. The summed E-state index contributed by atoms with van der Waals surface area (Å²) in [6.45, 7) is 1.80. The fourth-order valence-electron chi connectivity index (χ4n) is 2.19. The van der Waals surface area contributed by atoms with Crippen molar-refractivity contribution < 1.29 is 19.4 Å². The molecule has 1 aliphatic heterocycles. The molecule has 1 aliphatic rings. The summed E-state index contributed by atoms with van der Waals surface area (Å²) in [6.07, 6.45) is 0.452. The van der Waals surface area contributed by atoms with Crippen molar-refractivity contribution in [2.24, 2.45) is 0 Å². The summed E-state index contributed by atoms with van der Waals surface area (Å²) < 4.78 is 5.09. The molecule has 1 unspecified atom stereocenters. The van der Waals surface area contributed by atoms with Gasteiger partial charge in [-0.15, -0.1) is 0 Å². The van der Waals surface area contributed by atoms with Crippen molar-refractivity contribution in [1.29, 1.82) is 0 Å². The zero-order valence-electron chi connectivity index (χ0n) is 11.4. The molecule has 5 nitrogen and oxygen atoms in total. The maximum atomic E-state index is 12.3. The van der Waals surface area contributed by atoms with Crippen LogP contribution >= 0.6 is 11.8 Å². The zero-order valence-corrected chi connectivity index (χ0v) is 12.3. The molecule has 2 rings (SSSR count). The standard InChI is InChI=1S/C14H17NO4S/c1-9-7-10(19-2)3-4-11(9)12(16)15-14(13(17)18)5-6-20-8-14/h3-4,7H,5-6,8H2,1-2H3,(H,15,16)(H,17,18). The molecule has 1 atom stereocenters. The van der Waals surface area contributed by atoms with Gasteiger partial charge in [0.15, 0.2) is 0 Å². The molecule has 0 aromatic heterocycles. The highest BCUT2D eigenvalue weighted by Crippen LogP contribution is 2.29. The van der Waals surface area contributed by atoms with Crippen LogP contribution in [0.5, 0.6) is 5.75 Å². The van der Waals surface area contributed by atoms with E-state index in [0.29, 0.717) is 23.5 Å². The van der Waals surface area contributed by atoms with Gasteiger partial charge in [-0.05, 0) is 42.9 Å². The van der Waals surface area contributed by atoms with Crippen molar-refractivity contribution in [3.8, 4) is 5.75 Å². The normalized spacial score (nSPS) is 21.5. The fraction of sp³-hybridized carbons (Fsp3) is 0.429. The van der Waals surface area contributed by atoms with E-state index in [9.17, 15) is 14.7 Å². The molecule has 0 spiro atoms. The van der Waals surface area contributed by atoms with Crippen LogP contribution in [0.3, 0.4) is 0 Å². The first kappa shape index (κ1) is 14.7. The Morgan fingerprint density at radius 2 is 2.20 bits per heavy atom. The molecule has 1 saturated heterocycles. The lowest BCUT2D eigenvalue weighted by Crippen LogP contribution is -2.54. The molecule has 0 saturated carbocycles. The van der Waals surface area contributed by atoms with E-state index in [0.717, 1.165) is 11.3 Å². The van der Waals surface area contributed by atoms with Gasteiger partial charge in [-0.3, -0.25) is 4.79 Å². The molecule has 1 amide bonds. The van der Waals surface area contributed by atoms with Gasteiger partial charge in [0.2, 0.25) is 0 Å². The Labute approximate surface area is 121 Å². The average Bonchev–Trinajstić information content (AvgIpc) is 2.88. The van der Waals surface area contributed by atoms with Crippen molar-refractivity contribution in [3.05, 3.63) is 29.3 Å². The number of amides is 1. The number of hydrogen-bond donors (Lipinski definition) is 2. The number of rotatable bonds is 4. The molecule has 0 bridgehead atoms. The number of thioether (sulfide) groups is 1. The number of ether oxygens (including phenoxy) is 1.